The Hall–Kier alpha value is -2.83. The summed E-state index contributed by atoms with van der Waals surface area (Å²) < 4.78 is 18.4. The first kappa shape index (κ1) is 14.6. The number of amides is 2. The minimum absolute atomic E-state index is 0.0912. The first-order valence-electron chi connectivity index (χ1n) is 6.04. The van der Waals surface area contributed by atoms with Gasteiger partial charge in [0.05, 0.1) is 24.8 Å². The summed E-state index contributed by atoms with van der Waals surface area (Å²) >= 11 is 0. The van der Waals surface area contributed by atoms with Gasteiger partial charge in [-0.2, -0.15) is 0 Å². The van der Waals surface area contributed by atoms with Crippen molar-refractivity contribution < 1.29 is 23.5 Å². The number of furan rings is 1. The summed E-state index contributed by atoms with van der Waals surface area (Å²) in [4.78, 5) is 24.3. The van der Waals surface area contributed by atoms with Gasteiger partial charge in [0.15, 0.2) is 0 Å². The molecule has 2 N–H and O–H groups in total. The van der Waals surface area contributed by atoms with Gasteiger partial charge in [0.1, 0.15) is 11.4 Å². The van der Waals surface area contributed by atoms with Crippen molar-refractivity contribution in [1.82, 2.24) is 4.90 Å². The van der Waals surface area contributed by atoms with E-state index in [2.05, 4.69) is 5.32 Å². The van der Waals surface area contributed by atoms with E-state index in [1.165, 1.54) is 36.6 Å². The van der Waals surface area contributed by atoms with Gasteiger partial charge in [-0.15, -0.1) is 0 Å². The van der Waals surface area contributed by atoms with E-state index in [4.69, 9.17) is 9.52 Å². The zero-order valence-electron chi connectivity index (χ0n) is 11.2. The number of benzene rings is 1. The lowest BCUT2D eigenvalue weighted by atomic mass is 10.1. The van der Waals surface area contributed by atoms with Crippen molar-refractivity contribution in [3.8, 4) is 0 Å². The number of hydrogen-bond donors (Lipinski definition) is 2. The number of hydrogen-bond acceptors (Lipinski definition) is 3. The van der Waals surface area contributed by atoms with E-state index in [9.17, 15) is 14.0 Å². The van der Waals surface area contributed by atoms with E-state index < -0.39 is 23.4 Å². The molecule has 0 atom stereocenters. The van der Waals surface area contributed by atoms with Crippen molar-refractivity contribution in [2.24, 2.45) is 0 Å². The fourth-order valence-corrected chi connectivity index (χ4v) is 1.78. The first-order chi connectivity index (χ1) is 9.99. The number of aromatic carboxylic acids is 1. The molecule has 0 bridgehead atoms. The Balaban J connectivity index is 2.12. The van der Waals surface area contributed by atoms with Gasteiger partial charge < -0.3 is 19.7 Å². The van der Waals surface area contributed by atoms with E-state index in [1.807, 2.05) is 0 Å². The van der Waals surface area contributed by atoms with Gasteiger partial charge in [-0.25, -0.2) is 14.0 Å². The third-order valence-electron chi connectivity index (χ3n) is 2.82. The molecule has 110 valence electrons. The fourth-order valence-electron chi connectivity index (χ4n) is 1.78. The van der Waals surface area contributed by atoms with Crippen molar-refractivity contribution in [3.05, 3.63) is 53.7 Å². The zero-order valence-corrected chi connectivity index (χ0v) is 11.2. The van der Waals surface area contributed by atoms with Crippen LogP contribution < -0.4 is 5.32 Å². The van der Waals surface area contributed by atoms with Crippen LogP contribution in [0, 0.1) is 5.82 Å². The molecule has 0 aliphatic rings. The number of carboxylic acids is 1. The molecule has 21 heavy (non-hydrogen) atoms. The van der Waals surface area contributed by atoms with E-state index >= 15 is 0 Å². The van der Waals surface area contributed by atoms with Crippen LogP contribution in [0.1, 0.15) is 15.9 Å². The molecule has 0 aliphatic heterocycles. The molecule has 7 heteroatoms. The second-order valence-corrected chi connectivity index (χ2v) is 4.39. The van der Waals surface area contributed by atoms with Crippen LogP contribution in [0.5, 0.6) is 0 Å². The maximum Gasteiger partial charge on any atom is 0.340 e. The van der Waals surface area contributed by atoms with Gasteiger partial charge in [0, 0.05) is 12.6 Å². The summed E-state index contributed by atoms with van der Waals surface area (Å²) in [6.07, 6.45) is 2.98. The highest BCUT2D eigenvalue weighted by Gasteiger charge is 2.18. The highest BCUT2D eigenvalue weighted by molar-refractivity contribution is 6.00. The lowest BCUT2D eigenvalue weighted by Crippen LogP contribution is -2.31. The number of carbonyl (C=O) groups is 2. The Morgan fingerprint density at radius 3 is 2.76 bits per heavy atom. The highest BCUT2D eigenvalue weighted by Crippen LogP contribution is 2.19. The molecule has 2 amide bonds. The monoisotopic (exact) mass is 292 g/mol. The van der Waals surface area contributed by atoms with Gasteiger partial charge in [-0.3, -0.25) is 0 Å². The molecule has 0 radical (unpaired) electrons. The standard InChI is InChI=1S/C14H13FN2O4/c1-17(7-9-5-6-21-8-9)14(20)16-11-4-2-3-10(15)12(11)13(18)19/h2-6,8H,7H2,1H3,(H,16,20)(H,18,19). The number of carboxylic acid groups (broad SMARTS) is 1. The van der Waals surface area contributed by atoms with Crippen molar-refractivity contribution in [2.45, 2.75) is 6.54 Å². The van der Waals surface area contributed by atoms with Crippen molar-refractivity contribution in [2.75, 3.05) is 12.4 Å². The van der Waals surface area contributed by atoms with Gasteiger partial charge in [-0.1, -0.05) is 6.07 Å². The summed E-state index contributed by atoms with van der Waals surface area (Å²) in [6.45, 7) is 0.278. The third-order valence-corrected chi connectivity index (χ3v) is 2.82. The van der Waals surface area contributed by atoms with Crippen molar-refractivity contribution in [1.29, 1.82) is 0 Å². The average molecular weight is 292 g/mol. The van der Waals surface area contributed by atoms with Gasteiger partial charge in [-0.05, 0) is 18.2 Å². The normalized spacial score (nSPS) is 10.2. The van der Waals surface area contributed by atoms with Crippen LogP contribution >= 0.6 is 0 Å². The first-order valence-corrected chi connectivity index (χ1v) is 6.04. The predicted molar refractivity (Wildman–Crippen MR) is 72.6 cm³/mol. The molecule has 1 aromatic heterocycles. The Labute approximate surface area is 119 Å². The largest absolute Gasteiger partial charge is 0.478 e. The molecule has 0 saturated carbocycles. The van der Waals surface area contributed by atoms with E-state index in [1.54, 1.807) is 6.07 Å². The topological polar surface area (TPSA) is 82.8 Å². The minimum Gasteiger partial charge on any atom is -0.478 e. The molecular formula is C14H13FN2O4. The van der Waals surface area contributed by atoms with E-state index in [-0.39, 0.29) is 12.2 Å². The lowest BCUT2D eigenvalue weighted by molar-refractivity contribution is 0.0693. The van der Waals surface area contributed by atoms with Crippen molar-refractivity contribution >= 4 is 17.7 Å². The highest BCUT2D eigenvalue weighted by atomic mass is 19.1. The molecule has 0 saturated heterocycles. The Morgan fingerprint density at radius 1 is 1.38 bits per heavy atom. The Kier molecular flexibility index (Phi) is 4.22. The average Bonchev–Trinajstić information content (AvgIpc) is 2.91. The van der Waals surface area contributed by atoms with Crippen LogP contribution in [0.2, 0.25) is 0 Å². The van der Waals surface area contributed by atoms with Gasteiger partial charge in [0.2, 0.25) is 0 Å². The summed E-state index contributed by atoms with van der Waals surface area (Å²) in [5, 5.41) is 11.4. The number of rotatable bonds is 4. The maximum absolute atomic E-state index is 13.5. The summed E-state index contributed by atoms with van der Waals surface area (Å²) in [6, 6.07) is 4.83. The second kappa shape index (κ2) is 6.08. The smallest absolute Gasteiger partial charge is 0.340 e. The van der Waals surface area contributed by atoms with Crippen LogP contribution in [0.4, 0.5) is 14.9 Å². The number of carbonyl (C=O) groups excluding carboxylic acids is 1. The molecule has 0 unspecified atom stereocenters. The third kappa shape index (κ3) is 3.38. The summed E-state index contributed by atoms with van der Waals surface area (Å²) in [7, 11) is 1.53. The van der Waals surface area contributed by atoms with Gasteiger partial charge >= 0.3 is 12.0 Å². The van der Waals surface area contributed by atoms with Crippen LogP contribution in [0.15, 0.2) is 41.2 Å². The number of anilines is 1. The van der Waals surface area contributed by atoms with Crippen LogP contribution in [0.3, 0.4) is 0 Å². The zero-order chi connectivity index (χ0) is 15.4. The summed E-state index contributed by atoms with van der Waals surface area (Å²) in [5.74, 6) is -2.35. The molecule has 2 rings (SSSR count). The van der Waals surface area contributed by atoms with E-state index in [0.717, 1.165) is 11.6 Å². The van der Waals surface area contributed by atoms with Crippen LogP contribution in [0.25, 0.3) is 0 Å². The number of nitrogens with zero attached hydrogens (tertiary/aromatic N) is 1. The molecular weight excluding hydrogens is 279 g/mol. The fraction of sp³-hybridized carbons (Fsp3) is 0.143. The molecule has 0 fully saturated rings. The summed E-state index contributed by atoms with van der Waals surface area (Å²) in [5.41, 5.74) is 0.124. The molecule has 0 aliphatic carbocycles. The van der Waals surface area contributed by atoms with Crippen LogP contribution in [-0.4, -0.2) is 29.1 Å². The molecule has 1 heterocycles. The van der Waals surface area contributed by atoms with Gasteiger partial charge in [0.25, 0.3) is 0 Å². The molecule has 2 aromatic rings. The second-order valence-electron chi connectivity index (χ2n) is 4.39. The minimum atomic E-state index is -1.44. The molecule has 1 aromatic carbocycles. The maximum atomic E-state index is 13.5. The Bertz CT molecular complexity index is 655. The lowest BCUT2D eigenvalue weighted by Gasteiger charge is -2.18. The SMILES string of the molecule is CN(Cc1ccoc1)C(=O)Nc1cccc(F)c1C(=O)O. The molecule has 0 spiro atoms. The number of halogens is 1. The number of nitrogens with one attached hydrogen (secondary N) is 1. The van der Waals surface area contributed by atoms with Crippen LogP contribution in [-0.2, 0) is 6.54 Å². The molecule has 6 nitrogen and oxygen atoms in total. The quantitative estimate of drug-likeness (QED) is 0.907. The van der Waals surface area contributed by atoms with E-state index in [0.29, 0.717) is 0 Å². The van der Waals surface area contributed by atoms with Crippen molar-refractivity contribution in [3.63, 3.8) is 0 Å². The number of urea groups is 1. The Morgan fingerprint density at radius 2 is 2.14 bits per heavy atom. The predicted octanol–water partition coefficient (Wildman–Crippen LogP) is 2.78.